The maximum atomic E-state index is 15.2. The number of pyridine rings is 2. The van der Waals surface area contributed by atoms with Crippen molar-refractivity contribution in [1.29, 1.82) is 0 Å². The number of benzene rings is 1. The Labute approximate surface area is 226 Å². The molecular formula is C29H25F2N7S. The van der Waals surface area contributed by atoms with Crippen LogP contribution < -0.4 is 5.32 Å². The van der Waals surface area contributed by atoms with Gasteiger partial charge in [0.2, 0.25) is 0 Å². The van der Waals surface area contributed by atoms with Gasteiger partial charge >= 0.3 is 0 Å². The molecule has 0 atom stereocenters. The minimum absolute atomic E-state index is 0.232. The maximum absolute atomic E-state index is 15.2. The van der Waals surface area contributed by atoms with Gasteiger partial charge in [0, 0.05) is 36.1 Å². The number of nitrogens with zero attached hydrogens (tertiary/aromatic N) is 4. The van der Waals surface area contributed by atoms with E-state index in [2.05, 4.69) is 30.5 Å². The molecule has 0 unspecified atom stereocenters. The molecule has 0 bridgehead atoms. The molecule has 39 heavy (non-hydrogen) atoms. The molecule has 0 saturated heterocycles. The second-order valence-corrected chi connectivity index (χ2v) is 11.1. The van der Waals surface area contributed by atoms with Gasteiger partial charge in [-0.3, -0.25) is 15.1 Å². The molecular weight excluding hydrogens is 516 g/mol. The minimum atomic E-state index is -0.428. The topological polar surface area (TPSA) is 95.2 Å². The van der Waals surface area contributed by atoms with E-state index in [-0.39, 0.29) is 10.6 Å². The first kappa shape index (κ1) is 24.1. The Balaban J connectivity index is 1.23. The van der Waals surface area contributed by atoms with Crippen molar-refractivity contribution < 1.29 is 8.78 Å². The molecule has 1 aromatic carbocycles. The van der Waals surface area contributed by atoms with Crippen LogP contribution in [0.1, 0.15) is 31.2 Å². The molecule has 3 N–H and O–H groups in total. The van der Waals surface area contributed by atoms with Gasteiger partial charge in [0.1, 0.15) is 22.4 Å². The summed E-state index contributed by atoms with van der Waals surface area (Å²) in [6, 6.07) is 10.4. The van der Waals surface area contributed by atoms with Crippen LogP contribution in [0.2, 0.25) is 0 Å². The SMILES string of the molecule is Fc1ccc(-c2nccc3[nH]c(-c4[nH]nc5c(F)cc(-c6cncc(CNCC7CCCC7)c6)cc45)nc23)s1. The summed E-state index contributed by atoms with van der Waals surface area (Å²) in [5, 5.41) is 11.1. The third-order valence-corrected chi connectivity index (χ3v) is 8.30. The van der Waals surface area contributed by atoms with Gasteiger partial charge in [0.25, 0.3) is 0 Å². The molecule has 0 spiro atoms. The molecule has 6 aromatic rings. The zero-order chi connectivity index (χ0) is 26.3. The van der Waals surface area contributed by atoms with E-state index in [1.165, 1.54) is 37.8 Å². The molecule has 1 saturated carbocycles. The van der Waals surface area contributed by atoms with Crippen LogP contribution in [0, 0.1) is 16.9 Å². The fraction of sp³-hybridized carbons (Fsp3) is 0.241. The number of thiophene rings is 1. The molecule has 0 aliphatic heterocycles. The van der Waals surface area contributed by atoms with Crippen LogP contribution in [0.4, 0.5) is 8.78 Å². The van der Waals surface area contributed by atoms with E-state index in [4.69, 9.17) is 4.98 Å². The van der Waals surface area contributed by atoms with Crippen molar-refractivity contribution in [2.45, 2.75) is 32.2 Å². The van der Waals surface area contributed by atoms with Crippen molar-refractivity contribution >= 4 is 33.3 Å². The Kier molecular flexibility index (Phi) is 6.13. The van der Waals surface area contributed by atoms with Crippen LogP contribution in [0.3, 0.4) is 0 Å². The van der Waals surface area contributed by atoms with Gasteiger partial charge in [-0.15, -0.1) is 11.3 Å². The van der Waals surface area contributed by atoms with Crippen LogP contribution in [-0.4, -0.2) is 36.7 Å². The average Bonchev–Trinajstić information content (AvgIpc) is 3.75. The molecule has 196 valence electrons. The number of hydrogen-bond donors (Lipinski definition) is 3. The number of rotatable bonds is 7. The van der Waals surface area contributed by atoms with Crippen molar-refractivity contribution in [2.24, 2.45) is 5.92 Å². The Morgan fingerprint density at radius 1 is 1.00 bits per heavy atom. The van der Waals surface area contributed by atoms with E-state index in [0.717, 1.165) is 47.0 Å². The summed E-state index contributed by atoms with van der Waals surface area (Å²) < 4.78 is 28.9. The molecule has 5 heterocycles. The Morgan fingerprint density at radius 3 is 2.74 bits per heavy atom. The molecule has 5 aromatic heterocycles. The quantitative estimate of drug-likeness (QED) is 0.205. The lowest BCUT2D eigenvalue weighted by Crippen LogP contribution is -2.20. The normalized spacial score (nSPS) is 14.2. The van der Waals surface area contributed by atoms with Crippen molar-refractivity contribution in [3.63, 3.8) is 0 Å². The lowest BCUT2D eigenvalue weighted by atomic mass is 10.0. The first-order chi connectivity index (χ1) is 19.1. The Bertz CT molecular complexity index is 1800. The second-order valence-electron chi connectivity index (χ2n) is 10.1. The lowest BCUT2D eigenvalue weighted by Gasteiger charge is -2.11. The summed E-state index contributed by atoms with van der Waals surface area (Å²) in [6.07, 6.45) is 10.5. The highest BCUT2D eigenvalue weighted by Gasteiger charge is 2.19. The van der Waals surface area contributed by atoms with Crippen molar-refractivity contribution in [3.8, 4) is 33.2 Å². The number of aromatic nitrogens is 6. The number of halogens is 2. The monoisotopic (exact) mass is 541 g/mol. The molecule has 0 radical (unpaired) electrons. The smallest absolute Gasteiger partial charge is 0.177 e. The van der Waals surface area contributed by atoms with Crippen LogP contribution in [0.15, 0.2) is 55.0 Å². The lowest BCUT2D eigenvalue weighted by molar-refractivity contribution is 0.489. The summed E-state index contributed by atoms with van der Waals surface area (Å²) in [5.74, 6) is 0.828. The number of nitrogens with one attached hydrogen (secondary N) is 3. The summed E-state index contributed by atoms with van der Waals surface area (Å²) in [6.45, 7) is 1.74. The highest BCUT2D eigenvalue weighted by molar-refractivity contribution is 7.13. The summed E-state index contributed by atoms with van der Waals surface area (Å²) in [5.41, 5.74) is 5.33. The number of fused-ring (bicyclic) bond motifs is 2. The Hall–Kier alpha value is -4.02. The molecule has 7 rings (SSSR count). The van der Waals surface area contributed by atoms with E-state index >= 15 is 4.39 Å². The first-order valence-electron chi connectivity index (χ1n) is 13.1. The predicted molar refractivity (Wildman–Crippen MR) is 149 cm³/mol. The molecule has 1 aliphatic carbocycles. The van der Waals surface area contributed by atoms with E-state index in [1.807, 2.05) is 24.4 Å². The molecule has 1 fully saturated rings. The fourth-order valence-electron chi connectivity index (χ4n) is 5.48. The molecule has 10 heteroatoms. The first-order valence-corrected chi connectivity index (χ1v) is 13.9. The Morgan fingerprint density at radius 2 is 1.90 bits per heavy atom. The second kappa shape index (κ2) is 9.94. The molecule has 0 amide bonds. The van der Waals surface area contributed by atoms with E-state index in [9.17, 15) is 4.39 Å². The third-order valence-electron chi connectivity index (χ3n) is 7.42. The molecule has 1 aliphatic rings. The van der Waals surface area contributed by atoms with Crippen molar-refractivity contribution in [1.82, 2.24) is 35.5 Å². The van der Waals surface area contributed by atoms with E-state index < -0.39 is 5.82 Å². The van der Waals surface area contributed by atoms with Gasteiger partial charge < -0.3 is 10.3 Å². The van der Waals surface area contributed by atoms with Gasteiger partial charge in [0.05, 0.1) is 10.4 Å². The van der Waals surface area contributed by atoms with Crippen LogP contribution in [-0.2, 0) is 6.54 Å². The zero-order valence-corrected chi connectivity index (χ0v) is 21.8. The van der Waals surface area contributed by atoms with E-state index in [1.54, 1.807) is 18.5 Å². The zero-order valence-electron chi connectivity index (χ0n) is 21.0. The minimum Gasteiger partial charge on any atom is -0.337 e. The fourth-order valence-corrected chi connectivity index (χ4v) is 6.20. The number of imidazole rings is 1. The van der Waals surface area contributed by atoms with E-state index in [0.29, 0.717) is 38.6 Å². The standard InChI is InChI=1S/C29H25F2N7S/c30-21-11-18(19-9-17(14-33-15-19)13-32-12-16-3-1-2-4-16)10-20-25(21)37-38-26(20)29-35-22-7-8-34-28(27(22)36-29)23-5-6-24(31)39-23/h5-11,14-16,32H,1-4,12-13H2,(H,35,36)(H,37,38). The average molecular weight is 542 g/mol. The highest BCUT2D eigenvalue weighted by Crippen LogP contribution is 2.35. The summed E-state index contributed by atoms with van der Waals surface area (Å²) >= 11 is 1.02. The number of hydrogen-bond acceptors (Lipinski definition) is 6. The van der Waals surface area contributed by atoms with Gasteiger partial charge in [-0.05, 0) is 72.8 Å². The van der Waals surface area contributed by atoms with Crippen molar-refractivity contribution in [3.05, 3.63) is 71.5 Å². The number of H-pyrrole nitrogens is 2. The van der Waals surface area contributed by atoms with Gasteiger partial charge in [0.15, 0.2) is 16.8 Å². The van der Waals surface area contributed by atoms with Crippen LogP contribution >= 0.6 is 11.3 Å². The summed E-state index contributed by atoms with van der Waals surface area (Å²) in [7, 11) is 0. The highest BCUT2D eigenvalue weighted by atomic mass is 32.1. The van der Waals surface area contributed by atoms with Crippen LogP contribution in [0.25, 0.3) is 55.2 Å². The predicted octanol–water partition coefficient (Wildman–Crippen LogP) is 6.85. The molecule has 7 nitrogen and oxygen atoms in total. The third kappa shape index (κ3) is 4.59. The van der Waals surface area contributed by atoms with Gasteiger partial charge in [-0.1, -0.05) is 12.8 Å². The summed E-state index contributed by atoms with van der Waals surface area (Å²) in [4.78, 5) is 17.6. The maximum Gasteiger partial charge on any atom is 0.177 e. The number of aromatic amines is 2. The van der Waals surface area contributed by atoms with Gasteiger partial charge in [-0.2, -0.15) is 9.49 Å². The van der Waals surface area contributed by atoms with Gasteiger partial charge in [-0.25, -0.2) is 9.37 Å². The largest absolute Gasteiger partial charge is 0.337 e. The van der Waals surface area contributed by atoms with Crippen molar-refractivity contribution in [2.75, 3.05) is 6.54 Å². The van der Waals surface area contributed by atoms with Crippen LogP contribution in [0.5, 0.6) is 0 Å².